The van der Waals surface area contributed by atoms with Crippen molar-refractivity contribution in [3.05, 3.63) is 28.3 Å². The molecule has 0 aliphatic carbocycles. The molecule has 0 bridgehead atoms. The SMILES string of the molecule is CCCCCCCCC=CCCCCCCCC(=O)OCC(CCOC(=O)[C@@H](N)[C@@H](C)CC)Cc1nc2nc(N)[nH]c(=O)c2[nH]1. The topological polar surface area (TPSA) is 179 Å². The van der Waals surface area contributed by atoms with Gasteiger partial charge in [0.05, 0.1) is 13.2 Å². The van der Waals surface area contributed by atoms with Crippen LogP contribution in [0.5, 0.6) is 0 Å². The highest BCUT2D eigenvalue weighted by molar-refractivity contribution is 5.75. The highest BCUT2D eigenvalue weighted by Gasteiger charge is 2.22. The molecule has 2 heterocycles. The third-order valence-corrected chi connectivity index (χ3v) is 8.33. The van der Waals surface area contributed by atoms with E-state index in [0.29, 0.717) is 25.1 Å². The maximum atomic E-state index is 12.5. The largest absolute Gasteiger partial charge is 0.465 e. The summed E-state index contributed by atoms with van der Waals surface area (Å²) in [5.74, 6) is -0.388. The van der Waals surface area contributed by atoms with Gasteiger partial charge in [0.15, 0.2) is 11.2 Å². The summed E-state index contributed by atoms with van der Waals surface area (Å²) in [6, 6.07) is -0.684. The van der Waals surface area contributed by atoms with Gasteiger partial charge in [-0.25, -0.2) is 4.98 Å². The van der Waals surface area contributed by atoms with Gasteiger partial charge in [0.2, 0.25) is 5.95 Å². The number of anilines is 1. The van der Waals surface area contributed by atoms with Crippen molar-refractivity contribution >= 4 is 29.1 Å². The zero-order valence-electron chi connectivity index (χ0n) is 27.9. The molecule has 0 aromatic carbocycles. The number of imidazole rings is 1. The number of hydrogen-bond donors (Lipinski definition) is 4. The van der Waals surface area contributed by atoms with Crippen molar-refractivity contribution in [3.8, 4) is 0 Å². The minimum Gasteiger partial charge on any atom is -0.465 e. The summed E-state index contributed by atoms with van der Waals surface area (Å²) in [5, 5.41) is 0. The third kappa shape index (κ3) is 15.6. The zero-order valence-corrected chi connectivity index (χ0v) is 27.9. The fourth-order valence-corrected chi connectivity index (χ4v) is 5.12. The molecule has 0 amide bonds. The van der Waals surface area contributed by atoms with Crippen LogP contribution in [-0.4, -0.2) is 51.1 Å². The van der Waals surface area contributed by atoms with E-state index in [0.717, 1.165) is 32.1 Å². The highest BCUT2D eigenvalue weighted by atomic mass is 16.5. The minimum atomic E-state index is -0.684. The number of allylic oxidation sites excluding steroid dienone is 2. The first-order valence-electron chi connectivity index (χ1n) is 17.2. The number of hydrogen-bond acceptors (Lipinski definition) is 9. The number of nitrogens with one attached hydrogen (secondary N) is 2. The monoisotopic (exact) mass is 630 g/mol. The Kier molecular flexibility index (Phi) is 18.8. The summed E-state index contributed by atoms with van der Waals surface area (Å²) in [4.78, 5) is 50.9. The fourth-order valence-electron chi connectivity index (χ4n) is 5.12. The Hall–Kier alpha value is -3.21. The number of ether oxygens (including phenoxy) is 2. The summed E-state index contributed by atoms with van der Waals surface area (Å²) in [6.07, 6.45) is 22.2. The Morgan fingerprint density at radius 3 is 2.20 bits per heavy atom. The van der Waals surface area contributed by atoms with Gasteiger partial charge in [-0.2, -0.15) is 4.98 Å². The molecule has 0 saturated carbocycles. The second kappa shape index (κ2) is 22.3. The maximum Gasteiger partial charge on any atom is 0.323 e. The molecule has 45 heavy (non-hydrogen) atoms. The van der Waals surface area contributed by atoms with Crippen molar-refractivity contribution in [3.63, 3.8) is 0 Å². The number of aromatic amines is 2. The summed E-state index contributed by atoms with van der Waals surface area (Å²) in [5.41, 5.74) is 11.7. The van der Waals surface area contributed by atoms with Gasteiger partial charge in [0.25, 0.3) is 5.56 Å². The van der Waals surface area contributed by atoms with Crippen molar-refractivity contribution in [2.75, 3.05) is 18.9 Å². The number of H-pyrrole nitrogens is 2. The number of nitrogens with two attached hydrogens (primary N) is 2. The average Bonchev–Trinajstić information content (AvgIpc) is 3.43. The van der Waals surface area contributed by atoms with Crippen LogP contribution in [0.4, 0.5) is 5.95 Å². The van der Waals surface area contributed by atoms with E-state index in [2.05, 4.69) is 39.0 Å². The van der Waals surface area contributed by atoms with Gasteiger partial charge < -0.3 is 25.9 Å². The molecule has 11 nitrogen and oxygen atoms in total. The first kappa shape index (κ1) is 38.0. The Morgan fingerprint density at radius 1 is 0.889 bits per heavy atom. The maximum absolute atomic E-state index is 12.5. The minimum absolute atomic E-state index is 0.0133. The second-order valence-corrected chi connectivity index (χ2v) is 12.3. The highest BCUT2D eigenvalue weighted by Crippen LogP contribution is 2.16. The van der Waals surface area contributed by atoms with Crippen LogP contribution in [-0.2, 0) is 25.5 Å². The molecule has 1 unspecified atom stereocenters. The van der Waals surface area contributed by atoms with Crippen LogP contribution in [0.2, 0.25) is 0 Å². The first-order chi connectivity index (χ1) is 21.7. The van der Waals surface area contributed by atoms with E-state index in [1.165, 1.54) is 57.8 Å². The van der Waals surface area contributed by atoms with Gasteiger partial charge in [0.1, 0.15) is 11.9 Å². The summed E-state index contributed by atoms with van der Waals surface area (Å²) >= 11 is 0. The molecule has 2 aromatic rings. The van der Waals surface area contributed by atoms with E-state index in [-0.39, 0.29) is 48.1 Å². The van der Waals surface area contributed by atoms with Crippen molar-refractivity contribution < 1.29 is 19.1 Å². The van der Waals surface area contributed by atoms with Crippen molar-refractivity contribution in [1.82, 2.24) is 19.9 Å². The second-order valence-electron chi connectivity index (χ2n) is 12.3. The zero-order chi connectivity index (χ0) is 32.9. The molecule has 2 rings (SSSR count). The predicted molar refractivity (Wildman–Crippen MR) is 180 cm³/mol. The lowest BCUT2D eigenvalue weighted by Crippen LogP contribution is -2.38. The number of rotatable bonds is 25. The van der Waals surface area contributed by atoms with Gasteiger partial charge in [-0.1, -0.05) is 90.7 Å². The van der Waals surface area contributed by atoms with E-state index < -0.39 is 17.6 Å². The first-order valence-corrected chi connectivity index (χ1v) is 17.2. The molecule has 0 fully saturated rings. The summed E-state index contributed by atoms with van der Waals surface area (Å²) < 4.78 is 11.0. The molecule has 0 aliphatic rings. The smallest absolute Gasteiger partial charge is 0.323 e. The van der Waals surface area contributed by atoms with Crippen LogP contribution in [0.1, 0.15) is 129 Å². The van der Waals surface area contributed by atoms with E-state index in [1.807, 2.05) is 13.8 Å². The molecule has 3 atom stereocenters. The molecule has 0 aliphatic heterocycles. The Morgan fingerprint density at radius 2 is 1.53 bits per heavy atom. The number of nitrogen functional groups attached to an aromatic ring is 1. The van der Waals surface area contributed by atoms with E-state index >= 15 is 0 Å². The van der Waals surface area contributed by atoms with Gasteiger partial charge in [-0.15, -0.1) is 0 Å². The van der Waals surface area contributed by atoms with Crippen LogP contribution in [0.15, 0.2) is 16.9 Å². The number of fused-ring (bicyclic) bond motifs is 1. The normalized spacial score (nSPS) is 13.7. The number of aromatic nitrogens is 4. The van der Waals surface area contributed by atoms with Crippen molar-refractivity contribution in [2.24, 2.45) is 17.6 Å². The molecule has 0 spiro atoms. The van der Waals surface area contributed by atoms with Crippen LogP contribution < -0.4 is 17.0 Å². The standard InChI is InChI=1S/C34H58N6O5/c1-4-6-7-8-9-10-11-12-13-14-15-16-17-18-19-20-28(41)45-24-26(21-22-44-33(43)29(35)25(3)5-2)23-27-37-30-31(38-27)39-34(36)40-32(30)42/h12-13,25-26,29H,4-11,14-24,35H2,1-3H3,(H4,36,37,38,39,40,42)/t25-,26?,29-/m0/s1. The Labute approximate surface area is 268 Å². The van der Waals surface area contributed by atoms with E-state index in [1.54, 1.807) is 0 Å². The van der Waals surface area contributed by atoms with Crippen LogP contribution in [0.3, 0.4) is 0 Å². The van der Waals surface area contributed by atoms with Gasteiger partial charge in [0, 0.05) is 18.8 Å². The predicted octanol–water partition coefficient (Wildman–Crippen LogP) is 6.27. The molecule has 0 saturated heterocycles. The Balaban J connectivity index is 1.71. The molecule has 0 radical (unpaired) electrons. The molecular weight excluding hydrogens is 572 g/mol. The molecule has 254 valence electrons. The lowest BCUT2D eigenvalue weighted by molar-refractivity contribution is -0.149. The van der Waals surface area contributed by atoms with Gasteiger partial charge in [-0.3, -0.25) is 19.4 Å². The quantitative estimate of drug-likeness (QED) is 0.0558. The fraction of sp³-hybridized carbons (Fsp3) is 0.735. The summed E-state index contributed by atoms with van der Waals surface area (Å²) in [7, 11) is 0. The molecular formula is C34H58N6O5. The average molecular weight is 631 g/mol. The number of esters is 2. The van der Waals surface area contributed by atoms with Gasteiger partial charge >= 0.3 is 11.9 Å². The lowest BCUT2D eigenvalue weighted by atomic mass is 10.0. The number of carbonyl (C=O) groups is 2. The molecule has 2 aromatic heterocycles. The van der Waals surface area contributed by atoms with Gasteiger partial charge in [-0.05, 0) is 44.4 Å². The molecule has 6 N–H and O–H groups in total. The Bertz CT molecular complexity index is 1210. The van der Waals surface area contributed by atoms with Crippen LogP contribution in [0.25, 0.3) is 11.2 Å². The number of carbonyl (C=O) groups excluding carboxylic acids is 2. The molecule has 11 heteroatoms. The third-order valence-electron chi connectivity index (χ3n) is 8.33. The summed E-state index contributed by atoms with van der Waals surface area (Å²) in [6.45, 7) is 6.40. The van der Waals surface area contributed by atoms with E-state index in [9.17, 15) is 14.4 Å². The van der Waals surface area contributed by atoms with Crippen molar-refractivity contribution in [1.29, 1.82) is 0 Å². The lowest BCUT2D eigenvalue weighted by Gasteiger charge is -2.19. The van der Waals surface area contributed by atoms with E-state index in [4.69, 9.17) is 20.9 Å². The number of nitrogens with zero attached hydrogens (tertiary/aromatic N) is 2. The van der Waals surface area contributed by atoms with Crippen LogP contribution in [0, 0.1) is 11.8 Å². The van der Waals surface area contributed by atoms with Crippen molar-refractivity contribution in [2.45, 2.75) is 136 Å². The van der Waals surface area contributed by atoms with Crippen LogP contribution >= 0.6 is 0 Å². The number of unbranched alkanes of at least 4 members (excludes halogenated alkanes) is 11.